The van der Waals surface area contributed by atoms with Crippen LogP contribution in [0, 0.1) is 0 Å². The summed E-state index contributed by atoms with van der Waals surface area (Å²) in [4.78, 5) is 17.3. The van der Waals surface area contributed by atoms with Gasteiger partial charge in [0, 0.05) is 12.6 Å². The quantitative estimate of drug-likeness (QED) is 0.882. The highest BCUT2D eigenvalue weighted by Crippen LogP contribution is 2.12. The maximum absolute atomic E-state index is 11.9. The van der Waals surface area contributed by atoms with E-state index in [0.29, 0.717) is 11.6 Å². The summed E-state index contributed by atoms with van der Waals surface area (Å²) in [5.74, 6) is -0.271. The first-order valence-corrected chi connectivity index (χ1v) is 6.55. The Morgan fingerprint density at radius 2 is 2.22 bits per heavy atom. The van der Waals surface area contributed by atoms with E-state index in [9.17, 15) is 4.79 Å². The number of rotatable bonds is 4. The standard InChI is InChI=1S/C14H20N2O2/c1-2-15-13-9-6-10-16(11-13)18-14(17)12-7-4-3-5-8-12/h3-5,7-8,13,15H,2,6,9-11H2,1H3. The smallest absolute Gasteiger partial charge is 0.357 e. The van der Waals surface area contributed by atoms with Gasteiger partial charge in [-0.15, -0.1) is 5.06 Å². The molecule has 1 heterocycles. The van der Waals surface area contributed by atoms with Crippen LogP contribution in [-0.2, 0) is 4.84 Å². The number of hydroxylamine groups is 2. The summed E-state index contributed by atoms with van der Waals surface area (Å²) in [6.45, 7) is 4.63. The maximum atomic E-state index is 11.9. The monoisotopic (exact) mass is 248 g/mol. The molecule has 1 N–H and O–H groups in total. The molecule has 1 aromatic rings. The van der Waals surface area contributed by atoms with Gasteiger partial charge in [0.2, 0.25) is 0 Å². The molecule has 0 amide bonds. The van der Waals surface area contributed by atoms with Crippen molar-refractivity contribution in [3.63, 3.8) is 0 Å². The van der Waals surface area contributed by atoms with Gasteiger partial charge in [0.05, 0.1) is 12.1 Å². The van der Waals surface area contributed by atoms with Crippen molar-refractivity contribution in [3.05, 3.63) is 35.9 Å². The molecule has 18 heavy (non-hydrogen) atoms. The molecular weight excluding hydrogens is 228 g/mol. The largest absolute Gasteiger partial charge is 0.364 e. The summed E-state index contributed by atoms with van der Waals surface area (Å²) < 4.78 is 0. The number of carbonyl (C=O) groups excluding carboxylic acids is 1. The van der Waals surface area contributed by atoms with E-state index < -0.39 is 0 Å². The highest BCUT2D eigenvalue weighted by molar-refractivity contribution is 5.89. The third kappa shape index (κ3) is 3.55. The predicted molar refractivity (Wildman–Crippen MR) is 70.1 cm³/mol. The molecule has 4 nitrogen and oxygen atoms in total. The van der Waals surface area contributed by atoms with Gasteiger partial charge >= 0.3 is 5.97 Å². The van der Waals surface area contributed by atoms with E-state index >= 15 is 0 Å². The zero-order chi connectivity index (χ0) is 12.8. The molecule has 0 aromatic heterocycles. The second kappa shape index (κ2) is 6.52. The van der Waals surface area contributed by atoms with Crippen LogP contribution in [0.2, 0.25) is 0 Å². The van der Waals surface area contributed by atoms with Crippen LogP contribution in [0.4, 0.5) is 0 Å². The van der Waals surface area contributed by atoms with E-state index in [2.05, 4.69) is 12.2 Å². The molecular formula is C14H20N2O2. The minimum atomic E-state index is -0.271. The van der Waals surface area contributed by atoms with E-state index in [1.165, 1.54) is 0 Å². The van der Waals surface area contributed by atoms with Crippen molar-refractivity contribution in [1.29, 1.82) is 0 Å². The van der Waals surface area contributed by atoms with Crippen LogP contribution in [0.15, 0.2) is 30.3 Å². The minimum Gasteiger partial charge on any atom is -0.364 e. The molecule has 1 aromatic carbocycles. The van der Waals surface area contributed by atoms with Gasteiger partial charge in [0.15, 0.2) is 0 Å². The summed E-state index contributed by atoms with van der Waals surface area (Å²) in [6, 6.07) is 9.54. The fourth-order valence-electron chi connectivity index (χ4n) is 2.22. The lowest BCUT2D eigenvalue weighted by molar-refractivity contribution is -0.125. The van der Waals surface area contributed by atoms with Crippen molar-refractivity contribution in [2.24, 2.45) is 0 Å². The molecule has 98 valence electrons. The van der Waals surface area contributed by atoms with E-state index in [1.54, 1.807) is 17.2 Å². The highest BCUT2D eigenvalue weighted by Gasteiger charge is 2.22. The average molecular weight is 248 g/mol. The summed E-state index contributed by atoms with van der Waals surface area (Å²) in [6.07, 6.45) is 2.20. The summed E-state index contributed by atoms with van der Waals surface area (Å²) >= 11 is 0. The van der Waals surface area contributed by atoms with Crippen LogP contribution in [0.3, 0.4) is 0 Å². The lowest BCUT2D eigenvalue weighted by Gasteiger charge is -2.31. The molecule has 1 saturated heterocycles. The second-order valence-corrected chi connectivity index (χ2v) is 4.53. The van der Waals surface area contributed by atoms with E-state index in [1.807, 2.05) is 18.2 Å². The van der Waals surface area contributed by atoms with Crippen LogP contribution in [0.1, 0.15) is 30.1 Å². The molecule has 1 unspecified atom stereocenters. The number of carbonyl (C=O) groups is 1. The third-order valence-electron chi connectivity index (χ3n) is 3.10. The zero-order valence-electron chi connectivity index (χ0n) is 10.8. The molecule has 0 aliphatic carbocycles. The topological polar surface area (TPSA) is 41.6 Å². The molecule has 4 heteroatoms. The molecule has 1 aliphatic rings. The van der Waals surface area contributed by atoms with Gasteiger partial charge in [-0.05, 0) is 31.5 Å². The Morgan fingerprint density at radius 1 is 1.44 bits per heavy atom. The Kier molecular flexibility index (Phi) is 4.73. The van der Waals surface area contributed by atoms with Crippen molar-refractivity contribution in [1.82, 2.24) is 10.4 Å². The van der Waals surface area contributed by atoms with Gasteiger partial charge in [-0.25, -0.2) is 4.79 Å². The zero-order valence-corrected chi connectivity index (χ0v) is 10.8. The van der Waals surface area contributed by atoms with Gasteiger partial charge < -0.3 is 10.2 Å². The lowest BCUT2D eigenvalue weighted by Crippen LogP contribution is -2.46. The van der Waals surface area contributed by atoms with Crippen LogP contribution < -0.4 is 5.32 Å². The maximum Gasteiger partial charge on any atom is 0.357 e. The van der Waals surface area contributed by atoms with Crippen molar-refractivity contribution >= 4 is 5.97 Å². The number of likely N-dealkylation sites (N-methyl/N-ethyl adjacent to an activating group) is 1. The van der Waals surface area contributed by atoms with Crippen LogP contribution in [-0.4, -0.2) is 36.7 Å². The average Bonchev–Trinajstić information content (AvgIpc) is 2.40. The van der Waals surface area contributed by atoms with E-state index in [4.69, 9.17) is 4.84 Å². The van der Waals surface area contributed by atoms with Crippen LogP contribution >= 0.6 is 0 Å². The molecule has 0 spiro atoms. The first-order valence-electron chi connectivity index (χ1n) is 6.55. The van der Waals surface area contributed by atoms with Crippen LogP contribution in [0.5, 0.6) is 0 Å². The number of nitrogens with zero attached hydrogens (tertiary/aromatic N) is 1. The Labute approximate surface area is 108 Å². The Bertz CT molecular complexity index is 379. The number of nitrogens with one attached hydrogen (secondary N) is 1. The van der Waals surface area contributed by atoms with Crippen molar-refractivity contribution in [2.45, 2.75) is 25.8 Å². The number of benzene rings is 1. The lowest BCUT2D eigenvalue weighted by atomic mass is 10.1. The van der Waals surface area contributed by atoms with Crippen molar-refractivity contribution in [2.75, 3.05) is 19.6 Å². The first kappa shape index (κ1) is 13.1. The first-order chi connectivity index (χ1) is 8.79. The molecule has 0 radical (unpaired) electrons. The van der Waals surface area contributed by atoms with Gasteiger partial charge in [0.1, 0.15) is 0 Å². The molecule has 1 atom stereocenters. The fourth-order valence-corrected chi connectivity index (χ4v) is 2.22. The molecule has 0 saturated carbocycles. The minimum absolute atomic E-state index is 0.271. The SMILES string of the molecule is CCNC1CCCN(OC(=O)c2ccccc2)C1. The van der Waals surface area contributed by atoms with Gasteiger partial charge in [0.25, 0.3) is 0 Å². The summed E-state index contributed by atoms with van der Waals surface area (Å²) in [7, 11) is 0. The van der Waals surface area contributed by atoms with Crippen molar-refractivity contribution in [3.8, 4) is 0 Å². The molecule has 1 fully saturated rings. The predicted octanol–water partition coefficient (Wildman–Crippen LogP) is 1.83. The molecule has 0 bridgehead atoms. The number of hydrogen-bond acceptors (Lipinski definition) is 4. The van der Waals surface area contributed by atoms with Crippen LogP contribution in [0.25, 0.3) is 0 Å². The third-order valence-corrected chi connectivity index (χ3v) is 3.10. The molecule has 1 aliphatic heterocycles. The number of hydrogen-bond donors (Lipinski definition) is 1. The molecule has 2 rings (SSSR count). The van der Waals surface area contributed by atoms with Gasteiger partial charge in [-0.2, -0.15) is 0 Å². The van der Waals surface area contributed by atoms with Gasteiger partial charge in [-0.1, -0.05) is 25.1 Å². The number of piperidine rings is 1. The second-order valence-electron chi connectivity index (χ2n) is 4.53. The van der Waals surface area contributed by atoms with Gasteiger partial charge in [-0.3, -0.25) is 0 Å². The Morgan fingerprint density at radius 3 is 2.94 bits per heavy atom. The summed E-state index contributed by atoms with van der Waals surface area (Å²) in [5.41, 5.74) is 0.600. The van der Waals surface area contributed by atoms with E-state index in [0.717, 1.165) is 32.5 Å². The van der Waals surface area contributed by atoms with E-state index in [-0.39, 0.29) is 5.97 Å². The Balaban J connectivity index is 1.87. The van der Waals surface area contributed by atoms with Crippen molar-refractivity contribution < 1.29 is 9.63 Å². The highest BCUT2D eigenvalue weighted by atomic mass is 16.7. The normalized spacial score (nSPS) is 20.6. The fraction of sp³-hybridized carbons (Fsp3) is 0.500. The Hall–Kier alpha value is -1.39. The summed E-state index contributed by atoms with van der Waals surface area (Å²) in [5, 5.41) is 5.16.